The van der Waals surface area contributed by atoms with Gasteiger partial charge in [0.15, 0.2) is 0 Å². The van der Waals surface area contributed by atoms with Gasteiger partial charge in [-0.25, -0.2) is 0 Å². The Hall–Kier alpha value is -0.630. The Morgan fingerprint density at radius 2 is 2.29 bits per heavy atom. The average Bonchev–Trinajstić information content (AvgIpc) is 2.35. The molecule has 4 nitrogen and oxygen atoms in total. The summed E-state index contributed by atoms with van der Waals surface area (Å²) in [5.41, 5.74) is -0.362. The molecular weight excluding hydrogens is 216 g/mol. The van der Waals surface area contributed by atoms with E-state index in [4.69, 9.17) is 9.47 Å². The summed E-state index contributed by atoms with van der Waals surface area (Å²) in [5.74, 6) is 0. The Kier molecular flexibility index (Phi) is 6.49. The van der Waals surface area contributed by atoms with E-state index in [0.717, 1.165) is 51.9 Å². The lowest BCUT2D eigenvalue weighted by molar-refractivity contribution is 0.00147. The minimum absolute atomic E-state index is 0.222. The first-order chi connectivity index (χ1) is 8.26. The summed E-state index contributed by atoms with van der Waals surface area (Å²) < 4.78 is 10.8. The fourth-order valence-corrected chi connectivity index (χ4v) is 2.46. The third-order valence-corrected chi connectivity index (χ3v) is 3.28. The van der Waals surface area contributed by atoms with Crippen LogP contribution in [-0.2, 0) is 9.47 Å². The molecule has 0 spiro atoms. The smallest absolute Gasteiger partial charge is 0.109 e. The lowest BCUT2D eigenvalue weighted by Gasteiger charge is -2.36. The molecule has 1 rings (SSSR count). The summed E-state index contributed by atoms with van der Waals surface area (Å²) in [6.45, 7) is 4.35. The average molecular weight is 240 g/mol. The minimum atomic E-state index is -0.362. The SMILES string of the molecule is CCNC1(C#N)CCCC(OCCCOC)C1. The van der Waals surface area contributed by atoms with Crippen LogP contribution in [0, 0.1) is 11.3 Å². The van der Waals surface area contributed by atoms with Gasteiger partial charge in [0.25, 0.3) is 0 Å². The number of hydrogen-bond donors (Lipinski definition) is 1. The van der Waals surface area contributed by atoms with Crippen molar-refractivity contribution in [1.29, 1.82) is 5.26 Å². The molecule has 0 saturated heterocycles. The second-order valence-corrected chi connectivity index (χ2v) is 4.66. The predicted molar refractivity (Wildman–Crippen MR) is 66.7 cm³/mol. The summed E-state index contributed by atoms with van der Waals surface area (Å²) in [4.78, 5) is 0. The van der Waals surface area contributed by atoms with Gasteiger partial charge in [-0.05, 0) is 32.2 Å². The molecule has 0 aromatic heterocycles. The van der Waals surface area contributed by atoms with Gasteiger partial charge in [0.2, 0.25) is 0 Å². The Labute approximate surface area is 104 Å². The van der Waals surface area contributed by atoms with Crippen molar-refractivity contribution < 1.29 is 9.47 Å². The molecule has 1 fully saturated rings. The van der Waals surface area contributed by atoms with Gasteiger partial charge < -0.3 is 9.47 Å². The van der Waals surface area contributed by atoms with E-state index >= 15 is 0 Å². The number of nitrogens with zero attached hydrogens (tertiary/aromatic N) is 1. The maximum atomic E-state index is 9.31. The largest absolute Gasteiger partial charge is 0.385 e. The molecule has 1 aliphatic carbocycles. The molecule has 98 valence electrons. The molecule has 0 amide bonds. The Bertz CT molecular complexity index is 248. The quantitative estimate of drug-likeness (QED) is 0.690. The van der Waals surface area contributed by atoms with Crippen LogP contribution < -0.4 is 5.32 Å². The summed E-state index contributed by atoms with van der Waals surface area (Å²) >= 11 is 0. The van der Waals surface area contributed by atoms with Crippen molar-refractivity contribution in [2.24, 2.45) is 0 Å². The predicted octanol–water partition coefficient (Wildman–Crippen LogP) is 1.85. The first-order valence-corrected chi connectivity index (χ1v) is 6.53. The van der Waals surface area contributed by atoms with Crippen molar-refractivity contribution >= 4 is 0 Å². The number of methoxy groups -OCH3 is 1. The van der Waals surface area contributed by atoms with Crippen molar-refractivity contribution in [2.45, 2.75) is 50.7 Å². The normalized spacial score (nSPS) is 28.9. The summed E-state index contributed by atoms with van der Waals surface area (Å²) in [6.07, 6.45) is 5.03. The zero-order valence-electron chi connectivity index (χ0n) is 11.0. The molecule has 0 heterocycles. The fourth-order valence-electron chi connectivity index (χ4n) is 2.46. The van der Waals surface area contributed by atoms with E-state index in [1.807, 2.05) is 6.92 Å². The Morgan fingerprint density at radius 1 is 1.47 bits per heavy atom. The van der Waals surface area contributed by atoms with Gasteiger partial charge >= 0.3 is 0 Å². The van der Waals surface area contributed by atoms with Crippen LogP contribution >= 0.6 is 0 Å². The van der Waals surface area contributed by atoms with E-state index in [0.29, 0.717) is 0 Å². The third-order valence-electron chi connectivity index (χ3n) is 3.28. The van der Waals surface area contributed by atoms with Crippen molar-refractivity contribution in [3.63, 3.8) is 0 Å². The number of rotatable bonds is 7. The number of ether oxygens (including phenoxy) is 2. The lowest BCUT2D eigenvalue weighted by atomic mass is 9.81. The molecule has 1 aliphatic rings. The van der Waals surface area contributed by atoms with Crippen LogP contribution in [0.4, 0.5) is 0 Å². The van der Waals surface area contributed by atoms with Crippen LogP contribution in [0.5, 0.6) is 0 Å². The molecule has 0 aromatic rings. The highest BCUT2D eigenvalue weighted by Gasteiger charge is 2.36. The van der Waals surface area contributed by atoms with Crippen molar-refractivity contribution in [1.82, 2.24) is 5.32 Å². The molecule has 1 saturated carbocycles. The van der Waals surface area contributed by atoms with Gasteiger partial charge in [-0.15, -0.1) is 0 Å². The zero-order valence-corrected chi connectivity index (χ0v) is 11.0. The maximum Gasteiger partial charge on any atom is 0.109 e. The highest BCUT2D eigenvalue weighted by molar-refractivity contribution is 5.10. The minimum Gasteiger partial charge on any atom is -0.385 e. The van der Waals surface area contributed by atoms with Crippen LogP contribution in [0.1, 0.15) is 39.0 Å². The maximum absolute atomic E-state index is 9.31. The lowest BCUT2D eigenvalue weighted by Crippen LogP contribution is -2.49. The van der Waals surface area contributed by atoms with Gasteiger partial charge in [-0.1, -0.05) is 6.92 Å². The molecule has 0 aliphatic heterocycles. The van der Waals surface area contributed by atoms with E-state index in [9.17, 15) is 5.26 Å². The van der Waals surface area contributed by atoms with E-state index in [-0.39, 0.29) is 11.6 Å². The first-order valence-electron chi connectivity index (χ1n) is 6.53. The van der Waals surface area contributed by atoms with Crippen molar-refractivity contribution in [2.75, 3.05) is 26.9 Å². The second kappa shape index (κ2) is 7.65. The van der Waals surface area contributed by atoms with Gasteiger partial charge in [0.05, 0.1) is 12.2 Å². The number of hydrogen-bond acceptors (Lipinski definition) is 4. The van der Waals surface area contributed by atoms with Crippen LogP contribution in [0.25, 0.3) is 0 Å². The van der Waals surface area contributed by atoms with E-state index in [1.54, 1.807) is 7.11 Å². The van der Waals surface area contributed by atoms with Crippen LogP contribution in [-0.4, -0.2) is 38.5 Å². The van der Waals surface area contributed by atoms with E-state index < -0.39 is 0 Å². The summed E-state index contributed by atoms with van der Waals surface area (Å²) in [6, 6.07) is 2.43. The summed E-state index contributed by atoms with van der Waals surface area (Å²) in [5, 5.41) is 12.6. The molecule has 2 atom stereocenters. The molecule has 4 heteroatoms. The van der Waals surface area contributed by atoms with Crippen molar-refractivity contribution in [3.05, 3.63) is 0 Å². The van der Waals surface area contributed by atoms with Gasteiger partial charge in [0, 0.05) is 26.7 Å². The van der Waals surface area contributed by atoms with Gasteiger partial charge in [-0.2, -0.15) is 5.26 Å². The number of nitrogens with one attached hydrogen (secondary N) is 1. The van der Waals surface area contributed by atoms with Gasteiger partial charge in [0.1, 0.15) is 5.54 Å². The molecule has 0 aromatic carbocycles. The van der Waals surface area contributed by atoms with E-state index in [1.165, 1.54) is 0 Å². The Morgan fingerprint density at radius 3 is 2.94 bits per heavy atom. The van der Waals surface area contributed by atoms with Crippen LogP contribution in [0.15, 0.2) is 0 Å². The third kappa shape index (κ3) is 4.63. The number of nitriles is 1. The molecule has 1 N–H and O–H groups in total. The molecule has 17 heavy (non-hydrogen) atoms. The van der Waals surface area contributed by atoms with E-state index in [2.05, 4.69) is 11.4 Å². The molecule has 0 bridgehead atoms. The Balaban J connectivity index is 2.35. The molecule has 2 unspecified atom stereocenters. The standard InChI is InChI=1S/C13H24N2O2/c1-3-15-13(11-14)7-4-6-12(10-13)17-9-5-8-16-2/h12,15H,3-10H2,1-2H3. The van der Waals surface area contributed by atoms with Gasteiger partial charge in [-0.3, -0.25) is 5.32 Å². The fraction of sp³-hybridized carbons (Fsp3) is 0.923. The van der Waals surface area contributed by atoms with Crippen LogP contribution in [0.2, 0.25) is 0 Å². The monoisotopic (exact) mass is 240 g/mol. The first kappa shape index (κ1) is 14.4. The summed E-state index contributed by atoms with van der Waals surface area (Å²) in [7, 11) is 1.70. The highest BCUT2D eigenvalue weighted by Crippen LogP contribution is 2.29. The molecule has 0 radical (unpaired) electrons. The van der Waals surface area contributed by atoms with Crippen LogP contribution in [0.3, 0.4) is 0 Å². The molecular formula is C13H24N2O2. The second-order valence-electron chi connectivity index (χ2n) is 4.66. The highest BCUT2D eigenvalue weighted by atomic mass is 16.5. The zero-order chi connectivity index (χ0) is 12.6. The van der Waals surface area contributed by atoms with Crippen molar-refractivity contribution in [3.8, 4) is 6.07 Å². The topological polar surface area (TPSA) is 54.3 Å².